The summed E-state index contributed by atoms with van der Waals surface area (Å²) in [5.74, 6) is 1.22. The molecule has 0 fully saturated rings. The van der Waals surface area contributed by atoms with Crippen molar-refractivity contribution < 1.29 is 18.8 Å². The molecule has 3 aromatic rings. The fourth-order valence-electron chi connectivity index (χ4n) is 2.47. The summed E-state index contributed by atoms with van der Waals surface area (Å²) in [5.41, 5.74) is 1.56. The molecule has 28 heavy (non-hydrogen) atoms. The zero-order valence-corrected chi connectivity index (χ0v) is 16.3. The van der Waals surface area contributed by atoms with E-state index in [0.29, 0.717) is 22.8 Å². The number of thiazole rings is 1. The summed E-state index contributed by atoms with van der Waals surface area (Å²) in [6.45, 7) is 2.51. The molecule has 0 radical (unpaired) electrons. The molecule has 0 N–H and O–H groups in total. The molecular weight excluding hydrogens is 384 g/mol. The lowest BCUT2D eigenvalue weighted by Gasteiger charge is -2.10. The van der Waals surface area contributed by atoms with Crippen LogP contribution in [0.15, 0.2) is 50.2 Å². The van der Waals surface area contributed by atoms with Gasteiger partial charge in [-0.2, -0.15) is 5.10 Å². The van der Waals surface area contributed by atoms with E-state index in [-0.39, 0.29) is 11.6 Å². The number of rotatable bonds is 7. The van der Waals surface area contributed by atoms with E-state index in [9.17, 15) is 10.1 Å². The smallest absolute Gasteiger partial charge is 0.433 e. The summed E-state index contributed by atoms with van der Waals surface area (Å²) in [4.78, 5) is 15.3. The molecule has 2 heterocycles. The van der Waals surface area contributed by atoms with E-state index in [0.717, 1.165) is 11.3 Å². The van der Waals surface area contributed by atoms with Crippen LogP contribution in [0.4, 0.5) is 5.88 Å². The summed E-state index contributed by atoms with van der Waals surface area (Å²) in [7, 11) is 3.17. The van der Waals surface area contributed by atoms with Gasteiger partial charge in [0.25, 0.3) is 0 Å². The van der Waals surface area contributed by atoms with Crippen LogP contribution in [-0.4, -0.2) is 36.6 Å². The second-order valence-electron chi connectivity index (χ2n) is 5.43. The Morgan fingerprint density at radius 1 is 1.29 bits per heavy atom. The molecule has 0 amide bonds. The Bertz CT molecular complexity index is 1080. The Morgan fingerprint density at radius 2 is 2.11 bits per heavy atom. The maximum absolute atomic E-state index is 10.8. The Balaban J connectivity index is 2.08. The lowest BCUT2D eigenvalue weighted by molar-refractivity contribution is -0.402. The third kappa shape index (κ3) is 3.96. The first-order valence-corrected chi connectivity index (χ1v) is 9.17. The van der Waals surface area contributed by atoms with Gasteiger partial charge in [-0.25, -0.2) is 4.68 Å². The van der Waals surface area contributed by atoms with Crippen LogP contribution < -0.4 is 14.3 Å². The van der Waals surface area contributed by atoms with E-state index in [4.69, 9.17) is 13.9 Å². The maximum atomic E-state index is 10.8. The van der Waals surface area contributed by atoms with Crippen LogP contribution in [-0.2, 0) is 0 Å². The highest BCUT2D eigenvalue weighted by Gasteiger charge is 2.14. The van der Waals surface area contributed by atoms with Crippen LogP contribution in [0.25, 0.3) is 11.3 Å². The van der Waals surface area contributed by atoms with Gasteiger partial charge in [-0.15, -0.1) is 11.3 Å². The van der Waals surface area contributed by atoms with Crippen LogP contribution in [0.3, 0.4) is 0 Å². The number of aromatic nitrogens is 1. The monoisotopic (exact) mass is 402 g/mol. The van der Waals surface area contributed by atoms with Gasteiger partial charge in [0, 0.05) is 23.6 Å². The fourth-order valence-corrected chi connectivity index (χ4v) is 3.37. The van der Waals surface area contributed by atoms with Crippen molar-refractivity contribution in [3.05, 3.63) is 56.4 Å². The summed E-state index contributed by atoms with van der Waals surface area (Å²) in [5, 5.41) is 17.1. The lowest BCUT2D eigenvalue weighted by Crippen LogP contribution is -2.12. The number of hydrogen-bond donors (Lipinski definition) is 0. The number of methoxy groups -OCH3 is 2. The molecule has 0 saturated heterocycles. The minimum Gasteiger partial charge on any atom is -0.497 e. The van der Waals surface area contributed by atoms with Gasteiger partial charge >= 0.3 is 5.88 Å². The lowest BCUT2D eigenvalue weighted by atomic mass is 10.1. The predicted molar refractivity (Wildman–Crippen MR) is 105 cm³/mol. The van der Waals surface area contributed by atoms with Gasteiger partial charge in [-0.1, -0.05) is 0 Å². The first-order chi connectivity index (χ1) is 13.6. The molecule has 2 aromatic heterocycles. The summed E-state index contributed by atoms with van der Waals surface area (Å²) in [6.07, 6.45) is 1.41. The molecule has 0 aliphatic heterocycles. The molecule has 1 aromatic carbocycles. The van der Waals surface area contributed by atoms with Gasteiger partial charge in [0.05, 0.1) is 32.2 Å². The summed E-state index contributed by atoms with van der Waals surface area (Å²) >= 11 is 1.43. The van der Waals surface area contributed by atoms with Crippen molar-refractivity contribution >= 4 is 23.4 Å². The van der Waals surface area contributed by atoms with Crippen molar-refractivity contribution in [1.82, 2.24) is 4.68 Å². The Morgan fingerprint density at radius 3 is 2.75 bits per heavy atom. The maximum Gasteiger partial charge on any atom is 0.433 e. The van der Waals surface area contributed by atoms with Crippen molar-refractivity contribution in [2.75, 3.05) is 20.8 Å². The number of nitro groups is 1. The van der Waals surface area contributed by atoms with Gasteiger partial charge in [0.15, 0.2) is 5.76 Å². The molecule has 9 nitrogen and oxygen atoms in total. The van der Waals surface area contributed by atoms with Crippen molar-refractivity contribution in [2.45, 2.75) is 6.92 Å². The van der Waals surface area contributed by atoms with Gasteiger partial charge in [0.1, 0.15) is 16.4 Å². The number of hydrogen-bond acceptors (Lipinski definition) is 8. The Hall–Kier alpha value is -3.40. The second-order valence-corrected chi connectivity index (χ2v) is 6.27. The first-order valence-electron chi connectivity index (χ1n) is 8.29. The average Bonchev–Trinajstić information content (AvgIpc) is 3.33. The van der Waals surface area contributed by atoms with Crippen molar-refractivity contribution in [3.63, 3.8) is 0 Å². The zero-order valence-electron chi connectivity index (χ0n) is 15.5. The largest absolute Gasteiger partial charge is 0.497 e. The van der Waals surface area contributed by atoms with Crippen LogP contribution in [0.2, 0.25) is 0 Å². The quantitative estimate of drug-likeness (QED) is 0.341. The number of ether oxygens (including phenoxy) is 2. The van der Waals surface area contributed by atoms with Gasteiger partial charge in [-0.3, -0.25) is 15.1 Å². The van der Waals surface area contributed by atoms with Crippen LogP contribution in [0, 0.1) is 10.1 Å². The normalized spacial score (nSPS) is 11.9. The van der Waals surface area contributed by atoms with E-state index in [2.05, 4.69) is 10.1 Å². The molecule has 0 bridgehead atoms. The Labute approximate surface area is 164 Å². The summed E-state index contributed by atoms with van der Waals surface area (Å²) < 4.78 is 17.5. The van der Waals surface area contributed by atoms with E-state index < -0.39 is 4.92 Å². The molecule has 0 unspecified atom stereocenters. The number of benzene rings is 1. The Kier molecular flexibility index (Phi) is 5.90. The van der Waals surface area contributed by atoms with E-state index in [1.54, 1.807) is 25.0 Å². The standard InChI is InChI=1S/C18H18N4O5S/c1-4-19-18-21(20-10-13-6-8-17(27-13)22(23)24)15(11-28-18)14-7-5-12(25-2)9-16(14)26-3/h5-11H,4H2,1-3H3. The van der Waals surface area contributed by atoms with Crippen molar-refractivity contribution in [2.24, 2.45) is 10.1 Å². The minimum atomic E-state index is -0.597. The molecule has 10 heteroatoms. The van der Waals surface area contributed by atoms with E-state index in [1.165, 1.54) is 29.7 Å². The molecule has 0 aliphatic carbocycles. The number of nitrogens with zero attached hydrogens (tertiary/aromatic N) is 4. The topological polar surface area (TPSA) is 104 Å². The molecular formula is C18H18N4O5S. The average molecular weight is 402 g/mol. The third-order valence-corrected chi connectivity index (χ3v) is 4.61. The highest BCUT2D eigenvalue weighted by molar-refractivity contribution is 7.07. The third-order valence-electron chi connectivity index (χ3n) is 3.76. The predicted octanol–water partition coefficient (Wildman–Crippen LogP) is 3.54. The molecule has 146 valence electrons. The highest BCUT2D eigenvalue weighted by Crippen LogP contribution is 2.33. The van der Waals surface area contributed by atoms with Gasteiger partial charge in [0.2, 0.25) is 4.80 Å². The molecule has 3 rings (SSSR count). The molecule has 0 spiro atoms. The minimum absolute atomic E-state index is 0.264. The van der Waals surface area contributed by atoms with Crippen molar-refractivity contribution in [3.8, 4) is 22.8 Å². The highest BCUT2D eigenvalue weighted by atomic mass is 32.1. The van der Waals surface area contributed by atoms with Crippen LogP contribution in [0.1, 0.15) is 12.7 Å². The van der Waals surface area contributed by atoms with E-state index in [1.807, 2.05) is 24.4 Å². The first kappa shape index (κ1) is 19.4. The molecule has 0 saturated carbocycles. The van der Waals surface area contributed by atoms with Gasteiger partial charge in [-0.05, 0) is 25.1 Å². The summed E-state index contributed by atoms with van der Waals surface area (Å²) in [6, 6.07) is 8.26. The van der Waals surface area contributed by atoms with E-state index >= 15 is 0 Å². The van der Waals surface area contributed by atoms with Crippen LogP contribution in [0.5, 0.6) is 11.5 Å². The van der Waals surface area contributed by atoms with Gasteiger partial charge < -0.3 is 13.9 Å². The van der Waals surface area contributed by atoms with Crippen LogP contribution >= 0.6 is 11.3 Å². The number of furan rings is 1. The zero-order chi connectivity index (χ0) is 20.1. The van der Waals surface area contributed by atoms with Crippen molar-refractivity contribution in [1.29, 1.82) is 0 Å². The fraction of sp³-hybridized carbons (Fsp3) is 0.222. The second kappa shape index (κ2) is 8.53. The SMILES string of the molecule is CCN=c1scc(-c2ccc(OC)cc2OC)n1N=Cc1ccc([N+](=O)[O-])o1. The molecule has 0 aliphatic rings. The molecule has 0 atom stereocenters.